The van der Waals surface area contributed by atoms with Crippen molar-refractivity contribution >= 4 is 11.7 Å². The van der Waals surface area contributed by atoms with Crippen LogP contribution in [0.15, 0.2) is 18.2 Å². The summed E-state index contributed by atoms with van der Waals surface area (Å²) in [6.45, 7) is 3.55. The van der Waals surface area contributed by atoms with Crippen molar-refractivity contribution in [1.82, 2.24) is 5.32 Å². The highest BCUT2D eigenvalue weighted by Gasteiger charge is 2.33. The number of nitrogens with zero attached hydrogens (tertiary/aromatic N) is 1. The van der Waals surface area contributed by atoms with E-state index in [4.69, 9.17) is 9.47 Å². The lowest BCUT2D eigenvalue weighted by molar-refractivity contribution is -0.385. The lowest BCUT2D eigenvalue weighted by Crippen LogP contribution is -2.53. The molecule has 0 aromatic heterocycles. The Bertz CT molecular complexity index is 533. The van der Waals surface area contributed by atoms with Gasteiger partial charge < -0.3 is 14.6 Å². The summed E-state index contributed by atoms with van der Waals surface area (Å²) >= 11 is 0. The Hall–Kier alpha value is -2.35. The van der Waals surface area contributed by atoms with Crippen LogP contribution in [0.3, 0.4) is 0 Å². The number of aliphatic carboxylic acids is 1. The lowest BCUT2D eigenvalue weighted by atomic mass is 10.0. The molecule has 0 saturated carbocycles. The second-order valence-corrected chi connectivity index (χ2v) is 4.55. The summed E-state index contributed by atoms with van der Waals surface area (Å²) in [6.07, 6.45) is 0. The monoisotopic (exact) mass is 298 g/mol. The van der Waals surface area contributed by atoms with Crippen LogP contribution in [-0.2, 0) is 4.79 Å². The molecule has 0 amide bonds. The van der Waals surface area contributed by atoms with Crippen LogP contribution in [0, 0.1) is 10.1 Å². The Morgan fingerprint density at radius 1 is 1.52 bits per heavy atom. The van der Waals surface area contributed by atoms with Gasteiger partial charge >= 0.3 is 11.7 Å². The van der Waals surface area contributed by atoms with Crippen molar-refractivity contribution in [2.24, 2.45) is 0 Å². The summed E-state index contributed by atoms with van der Waals surface area (Å²) in [5.74, 6) is -0.750. The van der Waals surface area contributed by atoms with Crippen LogP contribution in [0.25, 0.3) is 0 Å². The van der Waals surface area contributed by atoms with Crippen LogP contribution >= 0.6 is 0 Å². The molecule has 0 aliphatic carbocycles. The molecule has 116 valence electrons. The van der Waals surface area contributed by atoms with E-state index in [1.54, 1.807) is 6.92 Å². The average Bonchev–Trinajstić information content (AvgIpc) is 2.44. The Balaban J connectivity index is 2.91. The first-order chi connectivity index (χ1) is 9.84. The molecular weight excluding hydrogens is 280 g/mol. The molecule has 8 nitrogen and oxygen atoms in total. The molecule has 0 bridgehead atoms. The molecule has 0 aliphatic rings. The summed E-state index contributed by atoms with van der Waals surface area (Å²) in [4.78, 5) is 21.6. The van der Waals surface area contributed by atoms with E-state index in [0.717, 1.165) is 0 Å². The van der Waals surface area contributed by atoms with Gasteiger partial charge in [0.15, 0.2) is 5.75 Å². The van der Waals surface area contributed by atoms with Crippen molar-refractivity contribution in [3.05, 3.63) is 28.3 Å². The topological polar surface area (TPSA) is 111 Å². The number of hydrogen-bond donors (Lipinski definition) is 2. The summed E-state index contributed by atoms with van der Waals surface area (Å²) in [5.41, 5.74) is -1.51. The third-order valence-electron chi connectivity index (χ3n) is 2.91. The zero-order valence-electron chi connectivity index (χ0n) is 12.1. The number of nitrogens with one attached hydrogen (secondary N) is 1. The highest BCUT2D eigenvalue weighted by molar-refractivity contribution is 5.78. The molecule has 0 spiro atoms. The number of nitro benzene ring substituents is 1. The number of benzene rings is 1. The fourth-order valence-corrected chi connectivity index (χ4v) is 1.71. The lowest BCUT2D eigenvalue weighted by Gasteiger charge is -2.25. The summed E-state index contributed by atoms with van der Waals surface area (Å²) in [6, 6.07) is 4.09. The van der Waals surface area contributed by atoms with E-state index in [9.17, 15) is 20.0 Å². The SMILES string of the molecule is CCNC(C)(COc1ccc(OC)c([N+](=O)[O-])c1)C(=O)O. The van der Waals surface area contributed by atoms with Gasteiger partial charge in [0, 0.05) is 0 Å². The number of hydrogen-bond acceptors (Lipinski definition) is 6. The second-order valence-electron chi connectivity index (χ2n) is 4.55. The first-order valence-electron chi connectivity index (χ1n) is 6.27. The number of carbonyl (C=O) groups is 1. The first-order valence-corrected chi connectivity index (χ1v) is 6.27. The van der Waals surface area contributed by atoms with Gasteiger partial charge in [-0.3, -0.25) is 20.2 Å². The van der Waals surface area contributed by atoms with E-state index in [1.165, 1.54) is 32.2 Å². The minimum atomic E-state index is -1.27. The van der Waals surface area contributed by atoms with E-state index < -0.39 is 16.4 Å². The zero-order chi connectivity index (χ0) is 16.0. The maximum absolute atomic E-state index is 11.2. The zero-order valence-corrected chi connectivity index (χ0v) is 12.1. The quantitative estimate of drug-likeness (QED) is 0.551. The van der Waals surface area contributed by atoms with Crippen LogP contribution in [-0.4, -0.2) is 41.8 Å². The van der Waals surface area contributed by atoms with Crippen LogP contribution in [0.2, 0.25) is 0 Å². The van der Waals surface area contributed by atoms with Gasteiger partial charge in [-0.1, -0.05) is 6.92 Å². The molecule has 1 aromatic rings. The van der Waals surface area contributed by atoms with Crippen molar-refractivity contribution < 1.29 is 24.3 Å². The average molecular weight is 298 g/mol. The van der Waals surface area contributed by atoms with Gasteiger partial charge in [0.1, 0.15) is 17.9 Å². The van der Waals surface area contributed by atoms with Crippen LogP contribution < -0.4 is 14.8 Å². The fourth-order valence-electron chi connectivity index (χ4n) is 1.71. The van der Waals surface area contributed by atoms with Gasteiger partial charge in [-0.15, -0.1) is 0 Å². The Morgan fingerprint density at radius 3 is 2.67 bits per heavy atom. The van der Waals surface area contributed by atoms with Crippen molar-refractivity contribution in [2.75, 3.05) is 20.3 Å². The van der Waals surface area contributed by atoms with Crippen LogP contribution in [0.5, 0.6) is 11.5 Å². The fraction of sp³-hybridized carbons (Fsp3) is 0.462. The van der Waals surface area contributed by atoms with Gasteiger partial charge in [-0.25, -0.2) is 0 Å². The van der Waals surface area contributed by atoms with E-state index in [0.29, 0.717) is 6.54 Å². The largest absolute Gasteiger partial charge is 0.491 e. The van der Waals surface area contributed by atoms with Crippen molar-refractivity contribution in [3.63, 3.8) is 0 Å². The summed E-state index contributed by atoms with van der Waals surface area (Å²) in [7, 11) is 1.33. The molecule has 0 heterocycles. The third-order valence-corrected chi connectivity index (χ3v) is 2.91. The van der Waals surface area contributed by atoms with E-state index in [1.807, 2.05) is 0 Å². The van der Waals surface area contributed by atoms with E-state index in [-0.39, 0.29) is 23.8 Å². The minimum absolute atomic E-state index is 0.111. The van der Waals surface area contributed by atoms with Gasteiger partial charge in [0.25, 0.3) is 0 Å². The number of likely N-dealkylation sites (N-methyl/N-ethyl adjacent to an activating group) is 1. The minimum Gasteiger partial charge on any atom is -0.491 e. The van der Waals surface area contributed by atoms with Crippen molar-refractivity contribution in [3.8, 4) is 11.5 Å². The standard InChI is InChI=1S/C13H18N2O6/c1-4-14-13(2,12(16)17)8-21-9-5-6-11(20-3)10(7-9)15(18)19/h5-7,14H,4,8H2,1-3H3,(H,16,17). The second kappa shape index (κ2) is 6.89. The van der Waals surface area contributed by atoms with Gasteiger partial charge in [-0.05, 0) is 25.6 Å². The molecule has 1 rings (SSSR count). The highest BCUT2D eigenvalue weighted by Crippen LogP contribution is 2.31. The summed E-state index contributed by atoms with van der Waals surface area (Å²) in [5, 5.41) is 22.9. The molecule has 0 aliphatic heterocycles. The molecule has 8 heteroatoms. The number of carboxylic acids is 1. The molecule has 2 N–H and O–H groups in total. The van der Waals surface area contributed by atoms with Gasteiger partial charge in [0.05, 0.1) is 18.1 Å². The smallest absolute Gasteiger partial charge is 0.327 e. The molecule has 21 heavy (non-hydrogen) atoms. The number of methoxy groups -OCH3 is 1. The molecule has 1 aromatic carbocycles. The normalized spacial score (nSPS) is 13.3. The van der Waals surface area contributed by atoms with E-state index >= 15 is 0 Å². The Labute approximate surface area is 121 Å². The molecular formula is C13H18N2O6. The van der Waals surface area contributed by atoms with E-state index in [2.05, 4.69) is 5.32 Å². The van der Waals surface area contributed by atoms with Crippen molar-refractivity contribution in [1.29, 1.82) is 0 Å². The van der Waals surface area contributed by atoms with Crippen LogP contribution in [0.4, 0.5) is 5.69 Å². The number of ether oxygens (including phenoxy) is 2. The van der Waals surface area contributed by atoms with Gasteiger partial charge in [-0.2, -0.15) is 0 Å². The third kappa shape index (κ3) is 4.06. The maximum atomic E-state index is 11.2. The van der Waals surface area contributed by atoms with Crippen LogP contribution in [0.1, 0.15) is 13.8 Å². The molecule has 0 radical (unpaired) electrons. The maximum Gasteiger partial charge on any atom is 0.327 e. The predicted molar refractivity (Wildman–Crippen MR) is 74.9 cm³/mol. The number of rotatable bonds is 8. The van der Waals surface area contributed by atoms with Crippen molar-refractivity contribution in [2.45, 2.75) is 19.4 Å². The molecule has 0 saturated heterocycles. The Morgan fingerprint density at radius 2 is 2.19 bits per heavy atom. The molecule has 0 fully saturated rings. The molecule has 1 atom stereocenters. The number of nitro groups is 1. The summed E-state index contributed by atoms with van der Waals surface area (Å²) < 4.78 is 10.3. The van der Waals surface area contributed by atoms with Gasteiger partial charge in [0.2, 0.25) is 0 Å². The predicted octanol–water partition coefficient (Wildman–Crippen LogP) is 1.44. The highest BCUT2D eigenvalue weighted by atomic mass is 16.6. The first kappa shape index (κ1) is 16.7. The Kier molecular flexibility index (Phi) is 5.48. The molecule has 1 unspecified atom stereocenters. The number of carboxylic acid groups (broad SMARTS) is 1.